The molecule has 0 fully saturated rings. The zero-order chi connectivity index (χ0) is 19.6. The van der Waals surface area contributed by atoms with E-state index in [1.165, 1.54) is 10.6 Å². The van der Waals surface area contributed by atoms with E-state index >= 15 is 0 Å². The third kappa shape index (κ3) is 3.72. The van der Waals surface area contributed by atoms with Crippen molar-refractivity contribution in [3.05, 3.63) is 59.7 Å². The van der Waals surface area contributed by atoms with Crippen LogP contribution in [0.5, 0.6) is 0 Å². The maximum atomic E-state index is 14.1. The van der Waals surface area contributed by atoms with Crippen molar-refractivity contribution >= 4 is 32.8 Å². The van der Waals surface area contributed by atoms with Crippen LogP contribution in [0.3, 0.4) is 0 Å². The SMILES string of the molecule is O=S(=O)(NCCNc1ccc2nnc(-c3ccccc3F)n2n1)c1cccs1. The van der Waals surface area contributed by atoms with Crippen molar-refractivity contribution in [3.8, 4) is 11.4 Å². The molecule has 0 saturated heterocycles. The molecule has 0 radical (unpaired) electrons. The molecule has 2 N–H and O–H groups in total. The van der Waals surface area contributed by atoms with Crippen LogP contribution in [0.2, 0.25) is 0 Å². The lowest BCUT2D eigenvalue weighted by atomic mass is 10.2. The zero-order valence-corrected chi connectivity index (χ0v) is 16.0. The van der Waals surface area contributed by atoms with Crippen molar-refractivity contribution in [2.75, 3.05) is 18.4 Å². The van der Waals surface area contributed by atoms with Crippen LogP contribution < -0.4 is 10.0 Å². The molecule has 0 aliphatic rings. The van der Waals surface area contributed by atoms with Gasteiger partial charge in [0, 0.05) is 13.1 Å². The Morgan fingerprint density at radius 3 is 2.68 bits per heavy atom. The predicted octanol–water partition coefficient (Wildman–Crippen LogP) is 2.38. The van der Waals surface area contributed by atoms with Crippen LogP contribution >= 0.6 is 11.3 Å². The maximum absolute atomic E-state index is 14.1. The fourth-order valence-electron chi connectivity index (χ4n) is 2.56. The number of hydrogen-bond donors (Lipinski definition) is 2. The summed E-state index contributed by atoms with van der Waals surface area (Å²) >= 11 is 1.16. The smallest absolute Gasteiger partial charge is 0.250 e. The number of hydrogen-bond acceptors (Lipinski definition) is 7. The highest BCUT2D eigenvalue weighted by Crippen LogP contribution is 2.21. The van der Waals surface area contributed by atoms with Crippen LogP contribution in [0.1, 0.15) is 0 Å². The second-order valence-electron chi connectivity index (χ2n) is 5.75. The molecule has 144 valence electrons. The van der Waals surface area contributed by atoms with E-state index in [0.717, 1.165) is 11.3 Å². The molecule has 4 aromatic rings. The third-order valence-corrected chi connectivity index (χ3v) is 6.72. The van der Waals surface area contributed by atoms with Crippen molar-refractivity contribution < 1.29 is 12.8 Å². The van der Waals surface area contributed by atoms with Gasteiger partial charge in [-0.25, -0.2) is 17.5 Å². The van der Waals surface area contributed by atoms with Crippen molar-refractivity contribution in [2.45, 2.75) is 4.21 Å². The third-order valence-electron chi connectivity index (χ3n) is 3.86. The fraction of sp³-hybridized carbons (Fsp3) is 0.118. The summed E-state index contributed by atoms with van der Waals surface area (Å²) < 4.78 is 42.5. The summed E-state index contributed by atoms with van der Waals surface area (Å²) in [6, 6.07) is 12.9. The normalized spacial score (nSPS) is 11.8. The largest absolute Gasteiger partial charge is 0.367 e. The van der Waals surface area contributed by atoms with Gasteiger partial charge in [-0.3, -0.25) is 0 Å². The molecule has 28 heavy (non-hydrogen) atoms. The number of nitrogens with zero attached hydrogens (tertiary/aromatic N) is 4. The summed E-state index contributed by atoms with van der Waals surface area (Å²) in [5.74, 6) is 0.357. The minimum Gasteiger partial charge on any atom is -0.367 e. The van der Waals surface area contributed by atoms with Crippen LogP contribution in [0.4, 0.5) is 10.2 Å². The Kier molecular flexibility index (Phi) is 5.03. The number of anilines is 1. The quantitative estimate of drug-likeness (QED) is 0.447. The number of benzene rings is 1. The van der Waals surface area contributed by atoms with Gasteiger partial charge in [-0.1, -0.05) is 18.2 Å². The van der Waals surface area contributed by atoms with Gasteiger partial charge >= 0.3 is 0 Å². The molecule has 0 bridgehead atoms. The summed E-state index contributed by atoms with van der Waals surface area (Å²) in [5.41, 5.74) is 0.769. The minimum atomic E-state index is -3.50. The van der Waals surface area contributed by atoms with Crippen molar-refractivity contribution in [3.63, 3.8) is 0 Å². The molecule has 11 heteroatoms. The summed E-state index contributed by atoms with van der Waals surface area (Å²) in [7, 11) is -3.50. The summed E-state index contributed by atoms with van der Waals surface area (Å²) in [4.78, 5) is 0. The number of aromatic nitrogens is 4. The van der Waals surface area contributed by atoms with Gasteiger partial charge in [-0.05, 0) is 35.7 Å². The van der Waals surface area contributed by atoms with E-state index in [2.05, 4.69) is 25.3 Å². The molecular weight excluding hydrogens is 403 g/mol. The van der Waals surface area contributed by atoms with Gasteiger partial charge in [-0.2, -0.15) is 4.52 Å². The average molecular weight is 418 g/mol. The lowest BCUT2D eigenvalue weighted by Crippen LogP contribution is -2.28. The van der Waals surface area contributed by atoms with Crippen molar-refractivity contribution in [1.82, 2.24) is 24.5 Å². The fourth-order valence-corrected chi connectivity index (χ4v) is 4.63. The molecule has 0 saturated carbocycles. The molecule has 4 rings (SSSR count). The molecule has 0 atom stereocenters. The van der Waals surface area contributed by atoms with E-state index in [1.807, 2.05) is 0 Å². The van der Waals surface area contributed by atoms with E-state index in [4.69, 9.17) is 0 Å². The first-order valence-electron chi connectivity index (χ1n) is 8.29. The van der Waals surface area contributed by atoms with Gasteiger partial charge in [0.2, 0.25) is 10.0 Å². The average Bonchev–Trinajstić information content (AvgIpc) is 3.36. The number of rotatable bonds is 7. The van der Waals surface area contributed by atoms with Gasteiger partial charge < -0.3 is 5.32 Å². The van der Waals surface area contributed by atoms with Gasteiger partial charge in [-0.15, -0.1) is 26.6 Å². The topological polar surface area (TPSA) is 101 Å². The number of halogens is 1. The van der Waals surface area contributed by atoms with E-state index in [-0.39, 0.29) is 16.6 Å². The number of fused-ring (bicyclic) bond motifs is 1. The molecule has 3 heterocycles. The van der Waals surface area contributed by atoms with Gasteiger partial charge in [0.15, 0.2) is 11.5 Å². The van der Waals surface area contributed by atoms with E-state index in [9.17, 15) is 12.8 Å². The standard InChI is InChI=1S/C17H15FN6O2S2/c18-13-5-2-1-4-12(13)17-22-21-15-8-7-14(23-24(15)17)19-9-10-20-28(25,26)16-6-3-11-27-16/h1-8,11,20H,9-10H2,(H,19,23). The molecule has 0 aliphatic heterocycles. The molecule has 0 spiro atoms. The molecule has 8 nitrogen and oxygen atoms in total. The van der Waals surface area contributed by atoms with Crippen LogP contribution in [0.25, 0.3) is 17.0 Å². The first-order chi connectivity index (χ1) is 13.5. The van der Waals surface area contributed by atoms with Crippen LogP contribution in [0, 0.1) is 5.82 Å². The first-order valence-corrected chi connectivity index (χ1v) is 10.7. The van der Waals surface area contributed by atoms with Crippen molar-refractivity contribution in [2.24, 2.45) is 0 Å². The van der Waals surface area contributed by atoms with Crippen molar-refractivity contribution in [1.29, 1.82) is 0 Å². The Morgan fingerprint density at radius 1 is 1.04 bits per heavy atom. The molecule has 1 aromatic carbocycles. The lowest BCUT2D eigenvalue weighted by Gasteiger charge is -2.08. The lowest BCUT2D eigenvalue weighted by molar-refractivity contribution is 0.585. The van der Waals surface area contributed by atoms with E-state index < -0.39 is 15.8 Å². The number of sulfonamides is 1. The van der Waals surface area contributed by atoms with E-state index in [0.29, 0.717) is 23.6 Å². The number of nitrogens with one attached hydrogen (secondary N) is 2. The molecular formula is C17H15FN6O2S2. The summed E-state index contributed by atoms with van der Waals surface area (Å²) in [5, 5.41) is 17.1. The first kappa shape index (κ1) is 18.5. The monoisotopic (exact) mass is 418 g/mol. The van der Waals surface area contributed by atoms with Crippen LogP contribution in [-0.4, -0.2) is 41.3 Å². The van der Waals surface area contributed by atoms with Gasteiger partial charge in [0.05, 0.1) is 5.56 Å². The maximum Gasteiger partial charge on any atom is 0.250 e. The van der Waals surface area contributed by atoms with Crippen LogP contribution in [0.15, 0.2) is 58.1 Å². The van der Waals surface area contributed by atoms with Gasteiger partial charge in [0.25, 0.3) is 0 Å². The predicted molar refractivity (Wildman–Crippen MR) is 104 cm³/mol. The minimum absolute atomic E-state index is 0.183. The Hall–Kier alpha value is -2.89. The molecule has 0 aliphatic carbocycles. The molecule has 3 aromatic heterocycles. The Morgan fingerprint density at radius 2 is 1.89 bits per heavy atom. The summed E-state index contributed by atoms with van der Waals surface area (Å²) in [6.07, 6.45) is 0. The highest BCUT2D eigenvalue weighted by atomic mass is 32.2. The second-order valence-corrected chi connectivity index (χ2v) is 8.69. The van der Waals surface area contributed by atoms with E-state index in [1.54, 1.807) is 47.8 Å². The van der Waals surface area contributed by atoms with Crippen LogP contribution in [-0.2, 0) is 10.0 Å². The highest BCUT2D eigenvalue weighted by molar-refractivity contribution is 7.91. The summed E-state index contributed by atoms with van der Waals surface area (Å²) in [6.45, 7) is 0.503. The Balaban J connectivity index is 1.47. The Labute approximate surface area is 164 Å². The zero-order valence-electron chi connectivity index (χ0n) is 14.4. The molecule has 0 unspecified atom stereocenters. The second kappa shape index (κ2) is 7.62. The highest BCUT2D eigenvalue weighted by Gasteiger charge is 2.15. The molecule has 0 amide bonds. The Bertz CT molecular complexity index is 1210. The van der Waals surface area contributed by atoms with Gasteiger partial charge in [0.1, 0.15) is 15.8 Å². The number of thiophene rings is 1.